The van der Waals surface area contributed by atoms with Crippen LogP contribution in [-0.4, -0.2) is 29.5 Å². The van der Waals surface area contributed by atoms with Gasteiger partial charge in [0.05, 0.1) is 19.3 Å². The molecule has 96 valence electrons. The number of hydrogen-bond acceptors (Lipinski definition) is 3. The van der Waals surface area contributed by atoms with Gasteiger partial charge in [-0.1, -0.05) is 37.3 Å². The molecule has 0 bridgehead atoms. The molecule has 3 heteroatoms. The summed E-state index contributed by atoms with van der Waals surface area (Å²) in [6.07, 6.45) is 0.964. The van der Waals surface area contributed by atoms with Crippen LogP contribution in [-0.2, 0) is 11.3 Å². The molecule has 0 fully saturated rings. The number of benzene rings is 1. The highest BCUT2D eigenvalue weighted by atomic mass is 16.5. The van der Waals surface area contributed by atoms with E-state index in [2.05, 4.69) is 0 Å². The van der Waals surface area contributed by atoms with E-state index >= 15 is 0 Å². The topological polar surface area (TPSA) is 49.7 Å². The van der Waals surface area contributed by atoms with Gasteiger partial charge in [-0.2, -0.15) is 0 Å². The van der Waals surface area contributed by atoms with Gasteiger partial charge in [-0.3, -0.25) is 0 Å². The molecular formula is C14H22O3. The van der Waals surface area contributed by atoms with Gasteiger partial charge in [0.2, 0.25) is 0 Å². The number of ether oxygens (including phenoxy) is 1. The minimum Gasteiger partial charge on any atom is -0.396 e. The fraction of sp³-hybridized carbons (Fsp3) is 0.571. The second-order valence-electron chi connectivity index (χ2n) is 4.51. The van der Waals surface area contributed by atoms with Crippen LogP contribution >= 0.6 is 0 Å². The molecule has 0 saturated heterocycles. The lowest BCUT2D eigenvalue weighted by molar-refractivity contribution is 0.0162. The average Bonchev–Trinajstić information content (AvgIpc) is 2.30. The van der Waals surface area contributed by atoms with Crippen LogP contribution in [0.3, 0.4) is 0 Å². The fourth-order valence-electron chi connectivity index (χ4n) is 1.76. The van der Waals surface area contributed by atoms with E-state index in [-0.39, 0.29) is 6.61 Å². The number of aliphatic hydroxyl groups is 2. The van der Waals surface area contributed by atoms with E-state index in [0.29, 0.717) is 25.6 Å². The summed E-state index contributed by atoms with van der Waals surface area (Å²) in [6.45, 7) is 3.09. The van der Waals surface area contributed by atoms with E-state index in [1.54, 1.807) is 0 Å². The van der Waals surface area contributed by atoms with Crippen LogP contribution in [0.25, 0.3) is 0 Å². The summed E-state index contributed by atoms with van der Waals surface area (Å²) >= 11 is 0. The van der Waals surface area contributed by atoms with Crippen LogP contribution < -0.4 is 0 Å². The minimum atomic E-state index is -0.444. The lowest BCUT2D eigenvalue weighted by atomic mass is 10.0. The minimum absolute atomic E-state index is 0.179. The standard InChI is InChI=1S/C14H22O3/c1-12(7-8-15)9-14(16)11-17-10-13-5-3-2-4-6-13/h2-6,12,14-16H,7-11H2,1H3/t12-,14+/m0/s1. The van der Waals surface area contributed by atoms with Crippen LogP contribution in [0.1, 0.15) is 25.3 Å². The molecule has 0 heterocycles. The van der Waals surface area contributed by atoms with Crippen molar-refractivity contribution >= 4 is 0 Å². The van der Waals surface area contributed by atoms with E-state index in [1.807, 2.05) is 37.3 Å². The van der Waals surface area contributed by atoms with E-state index in [9.17, 15) is 5.11 Å². The predicted molar refractivity (Wildman–Crippen MR) is 67.6 cm³/mol. The second kappa shape index (κ2) is 8.23. The Morgan fingerprint density at radius 3 is 2.59 bits per heavy atom. The Bertz CT molecular complexity index is 287. The van der Waals surface area contributed by atoms with Gasteiger partial charge < -0.3 is 14.9 Å². The van der Waals surface area contributed by atoms with E-state index in [1.165, 1.54) is 0 Å². The van der Waals surface area contributed by atoms with Gasteiger partial charge in [-0.05, 0) is 24.3 Å². The molecule has 0 aliphatic carbocycles. The van der Waals surface area contributed by atoms with Crippen LogP contribution in [0.2, 0.25) is 0 Å². The van der Waals surface area contributed by atoms with Crippen LogP contribution in [0.5, 0.6) is 0 Å². The largest absolute Gasteiger partial charge is 0.396 e. The van der Waals surface area contributed by atoms with E-state index < -0.39 is 6.10 Å². The van der Waals surface area contributed by atoms with E-state index in [4.69, 9.17) is 9.84 Å². The van der Waals surface area contributed by atoms with Crippen molar-refractivity contribution in [1.29, 1.82) is 0 Å². The van der Waals surface area contributed by atoms with Crippen molar-refractivity contribution in [3.63, 3.8) is 0 Å². The maximum absolute atomic E-state index is 9.72. The van der Waals surface area contributed by atoms with Gasteiger partial charge >= 0.3 is 0 Å². The van der Waals surface area contributed by atoms with Gasteiger partial charge in [0.25, 0.3) is 0 Å². The van der Waals surface area contributed by atoms with Crippen molar-refractivity contribution in [3.8, 4) is 0 Å². The fourth-order valence-corrected chi connectivity index (χ4v) is 1.76. The first-order valence-corrected chi connectivity index (χ1v) is 6.13. The normalized spacial score (nSPS) is 14.5. The lowest BCUT2D eigenvalue weighted by Gasteiger charge is -2.15. The number of hydrogen-bond donors (Lipinski definition) is 2. The highest BCUT2D eigenvalue weighted by molar-refractivity contribution is 5.13. The van der Waals surface area contributed by atoms with Gasteiger partial charge in [0, 0.05) is 6.61 Å². The third kappa shape index (κ3) is 6.41. The number of aliphatic hydroxyl groups excluding tert-OH is 2. The zero-order valence-corrected chi connectivity index (χ0v) is 10.4. The quantitative estimate of drug-likeness (QED) is 0.728. The molecule has 2 atom stereocenters. The summed E-state index contributed by atoms with van der Waals surface area (Å²) in [5.74, 6) is 0.329. The highest BCUT2D eigenvalue weighted by Crippen LogP contribution is 2.10. The molecular weight excluding hydrogens is 216 g/mol. The zero-order valence-electron chi connectivity index (χ0n) is 10.4. The van der Waals surface area contributed by atoms with Gasteiger partial charge in [0.15, 0.2) is 0 Å². The van der Waals surface area contributed by atoms with Gasteiger partial charge in [0.1, 0.15) is 0 Å². The van der Waals surface area contributed by atoms with Crippen molar-refractivity contribution in [2.75, 3.05) is 13.2 Å². The third-order valence-electron chi connectivity index (χ3n) is 2.72. The first-order valence-electron chi connectivity index (χ1n) is 6.13. The Labute approximate surface area is 103 Å². The maximum Gasteiger partial charge on any atom is 0.0776 e. The zero-order chi connectivity index (χ0) is 12.5. The highest BCUT2D eigenvalue weighted by Gasteiger charge is 2.10. The molecule has 0 aliphatic rings. The summed E-state index contributed by atoms with van der Waals surface area (Å²) in [4.78, 5) is 0. The molecule has 1 aromatic rings. The predicted octanol–water partition coefficient (Wildman–Crippen LogP) is 1.97. The molecule has 1 aromatic carbocycles. The molecule has 0 aromatic heterocycles. The Morgan fingerprint density at radius 1 is 1.24 bits per heavy atom. The SMILES string of the molecule is C[C@@H](CCO)C[C@@H](O)COCc1ccccc1. The molecule has 17 heavy (non-hydrogen) atoms. The molecule has 0 radical (unpaired) electrons. The van der Waals surface area contributed by atoms with Crippen molar-refractivity contribution < 1.29 is 14.9 Å². The first-order chi connectivity index (χ1) is 8.22. The lowest BCUT2D eigenvalue weighted by Crippen LogP contribution is -2.19. The van der Waals surface area contributed by atoms with Gasteiger partial charge in [-0.25, -0.2) is 0 Å². The Hall–Kier alpha value is -0.900. The van der Waals surface area contributed by atoms with Gasteiger partial charge in [-0.15, -0.1) is 0 Å². The van der Waals surface area contributed by atoms with E-state index in [0.717, 1.165) is 12.0 Å². The molecule has 2 N–H and O–H groups in total. The summed E-state index contributed by atoms with van der Waals surface area (Å²) in [7, 11) is 0. The molecule has 0 amide bonds. The maximum atomic E-state index is 9.72. The molecule has 1 rings (SSSR count). The Morgan fingerprint density at radius 2 is 1.94 bits per heavy atom. The summed E-state index contributed by atoms with van der Waals surface area (Å²) < 4.78 is 5.45. The monoisotopic (exact) mass is 238 g/mol. The molecule has 0 spiro atoms. The Kier molecular flexibility index (Phi) is 6.86. The third-order valence-corrected chi connectivity index (χ3v) is 2.72. The second-order valence-corrected chi connectivity index (χ2v) is 4.51. The van der Waals surface area contributed by atoms with Crippen molar-refractivity contribution in [2.45, 2.75) is 32.5 Å². The van der Waals surface area contributed by atoms with Crippen molar-refractivity contribution in [3.05, 3.63) is 35.9 Å². The van der Waals surface area contributed by atoms with Crippen LogP contribution in [0, 0.1) is 5.92 Å². The molecule has 0 aliphatic heterocycles. The molecule has 3 nitrogen and oxygen atoms in total. The smallest absolute Gasteiger partial charge is 0.0776 e. The average molecular weight is 238 g/mol. The summed E-state index contributed by atoms with van der Waals surface area (Å²) in [5, 5.41) is 18.5. The summed E-state index contributed by atoms with van der Waals surface area (Å²) in [6, 6.07) is 9.91. The molecule has 0 unspecified atom stereocenters. The van der Waals surface area contributed by atoms with Crippen molar-refractivity contribution in [1.82, 2.24) is 0 Å². The summed E-state index contributed by atoms with van der Waals surface area (Å²) in [5.41, 5.74) is 1.11. The Balaban J connectivity index is 2.14. The van der Waals surface area contributed by atoms with Crippen LogP contribution in [0.4, 0.5) is 0 Å². The molecule has 0 saturated carbocycles. The van der Waals surface area contributed by atoms with Crippen LogP contribution in [0.15, 0.2) is 30.3 Å². The first kappa shape index (κ1) is 14.2. The van der Waals surface area contributed by atoms with Crippen molar-refractivity contribution in [2.24, 2.45) is 5.92 Å². The number of rotatable bonds is 8.